The molecule has 138 valence electrons. The molecule has 0 spiro atoms. The second-order valence-electron chi connectivity index (χ2n) is 5.64. The van der Waals surface area contributed by atoms with E-state index in [0.29, 0.717) is 13.2 Å². The number of nitrogens with one attached hydrogen (secondary N) is 1. The van der Waals surface area contributed by atoms with Crippen molar-refractivity contribution in [3.63, 3.8) is 0 Å². The van der Waals surface area contributed by atoms with Gasteiger partial charge in [-0.25, -0.2) is 8.42 Å². The summed E-state index contributed by atoms with van der Waals surface area (Å²) in [6, 6.07) is 12.8. The Hall–Kier alpha value is -1.83. The topological polar surface area (TPSA) is 98.5 Å². The fourth-order valence-electron chi connectivity index (χ4n) is 2.26. The lowest BCUT2D eigenvalue weighted by Gasteiger charge is -2.13. The summed E-state index contributed by atoms with van der Waals surface area (Å²) in [4.78, 5) is 11.8. The maximum atomic E-state index is 11.8. The number of rotatable bonds is 8. The summed E-state index contributed by atoms with van der Waals surface area (Å²) in [5.41, 5.74) is 5.67. The molecule has 0 heterocycles. The minimum atomic E-state index is -3.12. The number of hydrogen-bond donors (Lipinski definition) is 2. The lowest BCUT2D eigenvalue weighted by molar-refractivity contribution is -0.122. The largest absolute Gasteiger partial charge is 0.491 e. The van der Waals surface area contributed by atoms with Gasteiger partial charge >= 0.3 is 0 Å². The van der Waals surface area contributed by atoms with Crippen LogP contribution in [0, 0.1) is 0 Å². The van der Waals surface area contributed by atoms with E-state index in [2.05, 4.69) is 5.32 Å². The molecule has 0 saturated carbocycles. The summed E-state index contributed by atoms with van der Waals surface area (Å²) in [6.45, 7) is 0.604. The van der Waals surface area contributed by atoms with Crippen LogP contribution in [0.5, 0.6) is 5.75 Å². The van der Waals surface area contributed by atoms with Gasteiger partial charge in [-0.05, 0) is 17.9 Å². The van der Waals surface area contributed by atoms with Gasteiger partial charge < -0.3 is 15.8 Å². The fourth-order valence-corrected chi connectivity index (χ4v) is 2.94. The zero-order valence-electron chi connectivity index (χ0n) is 14.0. The second-order valence-corrected chi connectivity index (χ2v) is 7.90. The number of ether oxygens (including phenoxy) is 1. The van der Waals surface area contributed by atoms with Gasteiger partial charge in [0.25, 0.3) is 0 Å². The van der Waals surface area contributed by atoms with E-state index in [1.54, 1.807) is 0 Å². The van der Waals surface area contributed by atoms with Gasteiger partial charge in [-0.15, -0.1) is 12.4 Å². The Balaban J connectivity index is 0.00000312. The number of benzene rings is 2. The van der Waals surface area contributed by atoms with E-state index >= 15 is 0 Å². The highest BCUT2D eigenvalue weighted by Crippen LogP contribution is 2.24. The average molecular weight is 387 g/mol. The molecule has 0 aliphatic heterocycles. The zero-order valence-corrected chi connectivity index (χ0v) is 15.6. The summed E-state index contributed by atoms with van der Waals surface area (Å²) < 4.78 is 27.9. The lowest BCUT2D eigenvalue weighted by Crippen LogP contribution is -2.42. The minimum absolute atomic E-state index is 0. The molecule has 0 bridgehead atoms. The first-order chi connectivity index (χ1) is 11.4. The van der Waals surface area contributed by atoms with Crippen LogP contribution in [0.4, 0.5) is 0 Å². The van der Waals surface area contributed by atoms with Gasteiger partial charge in [0.15, 0.2) is 0 Å². The van der Waals surface area contributed by atoms with Crippen molar-refractivity contribution in [3.8, 4) is 5.75 Å². The molecule has 6 nitrogen and oxygen atoms in total. The van der Waals surface area contributed by atoms with Crippen molar-refractivity contribution in [2.45, 2.75) is 12.5 Å². The van der Waals surface area contributed by atoms with E-state index < -0.39 is 15.9 Å². The van der Waals surface area contributed by atoms with Crippen molar-refractivity contribution in [2.75, 3.05) is 25.2 Å². The van der Waals surface area contributed by atoms with Gasteiger partial charge in [-0.2, -0.15) is 0 Å². The summed E-state index contributed by atoms with van der Waals surface area (Å²) >= 11 is 0. The quantitative estimate of drug-likeness (QED) is 0.670. The van der Waals surface area contributed by atoms with Gasteiger partial charge in [0, 0.05) is 11.6 Å². The third kappa shape index (κ3) is 6.89. The summed E-state index contributed by atoms with van der Waals surface area (Å²) in [5, 5.41) is 4.75. The molecule has 2 aromatic rings. The van der Waals surface area contributed by atoms with Crippen LogP contribution in [0.3, 0.4) is 0 Å². The molecule has 0 saturated heterocycles. The number of hydrogen-bond acceptors (Lipinski definition) is 5. The third-order valence-electron chi connectivity index (χ3n) is 3.54. The molecule has 2 aromatic carbocycles. The highest BCUT2D eigenvalue weighted by atomic mass is 35.5. The third-order valence-corrected chi connectivity index (χ3v) is 4.52. The standard InChI is InChI=1S/C17H22N2O4S.ClH/c1-24(21,22)12-9-15(18)17(20)19-10-11-23-16-8-4-6-13-5-2-3-7-14(13)16;/h2-8,15H,9-12,18H2,1H3,(H,19,20);1H. The molecule has 0 fully saturated rings. The van der Waals surface area contributed by atoms with Crippen molar-refractivity contribution in [1.29, 1.82) is 0 Å². The monoisotopic (exact) mass is 386 g/mol. The van der Waals surface area contributed by atoms with Crippen LogP contribution in [0.2, 0.25) is 0 Å². The van der Waals surface area contributed by atoms with E-state index in [1.165, 1.54) is 0 Å². The van der Waals surface area contributed by atoms with Crippen LogP contribution in [-0.4, -0.2) is 45.5 Å². The van der Waals surface area contributed by atoms with Crippen LogP contribution in [0.15, 0.2) is 42.5 Å². The van der Waals surface area contributed by atoms with Crippen molar-refractivity contribution in [1.82, 2.24) is 5.32 Å². The molecule has 3 N–H and O–H groups in total. The molecule has 0 aliphatic rings. The summed E-state index contributed by atoms with van der Waals surface area (Å²) in [7, 11) is -3.12. The zero-order chi connectivity index (χ0) is 17.6. The maximum Gasteiger partial charge on any atom is 0.237 e. The van der Waals surface area contributed by atoms with Crippen LogP contribution in [-0.2, 0) is 14.6 Å². The second kappa shape index (κ2) is 9.60. The minimum Gasteiger partial charge on any atom is -0.491 e. The Morgan fingerprint density at radius 1 is 1.20 bits per heavy atom. The molecule has 1 amide bonds. The molecule has 1 atom stereocenters. The van der Waals surface area contributed by atoms with Crippen LogP contribution >= 0.6 is 12.4 Å². The first-order valence-corrected chi connectivity index (χ1v) is 9.74. The van der Waals surface area contributed by atoms with E-state index in [-0.39, 0.29) is 30.5 Å². The van der Waals surface area contributed by atoms with E-state index in [9.17, 15) is 13.2 Å². The number of halogens is 1. The van der Waals surface area contributed by atoms with Crippen molar-refractivity contribution >= 4 is 38.9 Å². The van der Waals surface area contributed by atoms with Crippen molar-refractivity contribution in [3.05, 3.63) is 42.5 Å². The molecule has 2 rings (SSSR count). The Kier molecular flexibility index (Phi) is 8.15. The van der Waals surface area contributed by atoms with E-state index in [4.69, 9.17) is 10.5 Å². The van der Waals surface area contributed by atoms with Gasteiger partial charge in [-0.1, -0.05) is 36.4 Å². The first kappa shape index (κ1) is 21.2. The average Bonchev–Trinajstić information content (AvgIpc) is 2.55. The smallest absolute Gasteiger partial charge is 0.237 e. The molecule has 25 heavy (non-hydrogen) atoms. The first-order valence-electron chi connectivity index (χ1n) is 7.68. The summed E-state index contributed by atoms with van der Waals surface area (Å²) in [6.07, 6.45) is 1.23. The Bertz CT molecular complexity index is 806. The van der Waals surface area contributed by atoms with Gasteiger partial charge in [0.05, 0.1) is 18.3 Å². The number of carbonyl (C=O) groups is 1. The maximum absolute atomic E-state index is 11.8. The fraction of sp³-hybridized carbons (Fsp3) is 0.353. The highest BCUT2D eigenvalue weighted by Gasteiger charge is 2.15. The SMILES string of the molecule is CS(=O)(=O)CCC(N)C(=O)NCCOc1cccc2ccccc12.Cl. The van der Waals surface area contributed by atoms with Crippen LogP contribution in [0.1, 0.15) is 6.42 Å². The summed E-state index contributed by atoms with van der Waals surface area (Å²) in [5.74, 6) is 0.276. The van der Waals surface area contributed by atoms with E-state index in [0.717, 1.165) is 22.8 Å². The van der Waals surface area contributed by atoms with Crippen molar-refractivity contribution in [2.24, 2.45) is 5.73 Å². The van der Waals surface area contributed by atoms with Gasteiger partial charge in [0.2, 0.25) is 5.91 Å². The normalized spacial score (nSPS) is 12.2. The van der Waals surface area contributed by atoms with Crippen LogP contribution < -0.4 is 15.8 Å². The molecular weight excluding hydrogens is 364 g/mol. The molecule has 0 radical (unpaired) electrons. The number of fused-ring (bicyclic) bond motifs is 1. The number of sulfone groups is 1. The number of nitrogens with two attached hydrogens (primary N) is 1. The Morgan fingerprint density at radius 3 is 2.60 bits per heavy atom. The Labute approximate surface area is 154 Å². The molecular formula is C17H23ClN2O4S. The number of amides is 1. The highest BCUT2D eigenvalue weighted by molar-refractivity contribution is 7.90. The van der Waals surface area contributed by atoms with Crippen LogP contribution in [0.25, 0.3) is 10.8 Å². The lowest BCUT2D eigenvalue weighted by atomic mass is 10.1. The molecule has 0 aromatic heterocycles. The van der Waals surface area contributed by atoms with E-state index in [1.807, 2.05) is 42.5 Å². The Morgan fingerprint density at radius 2 is 1.88 bits per heavy atom. The molecule has 1 unspecified atom stereocenters. The molecule has 0 aliphatic carbocycles. The van der Waals surface area contributed by atoms with Gasteiger partial charge in [0.1, 0.15) is 22.2 Å². The number of carbonyl (C=O) groups excluding carboxylic acids is 1. The predicted molar refractivity (Wildman–Crippen MR) is 102 cm³/mol. The molecule has 8 heteroatoms. The van der Waals surface area contributed by atoms with Crippen molar-refractivity contribution < 1.29 is 17.9 Å². The predicted octanol–water partition coefficient (Wildman–Crippen LogP) is 1.52. The van der Waals surface area contributed by atoms with Gasteiger partial charge in [-0.3, -0.25) is 4.79 Å².